The van der Waals surface area contributed by atoms with Crippen LogP contribution in [-0.2, 0) is 4.79 Å². The molecule has 128 valence electrons. The average Bonchev–Trinajstić information content (AvgIpc) is 2.64. The molecule has 0 saturated carbocycles. The van der Waals surface area contributed by atoms with Gasteiger partial charge in [0.25, 0.3) is 5.91 Å². The molecule has 3 aromatic carbocycles. The zero-order valence-electron chi connectivity index (χ0n) is 14.2. The highest BCUT2D eigenvalue weighted by Gasteiger charge is 2.11. The van der Waals surface area contributed by atoms with Gasteiger partial charge >= 0.3 is 0 Å². The number of phenols is 1. The van der Waals surface area contributed by atoms with Gasteiger partial charge in [-0.3, -0.25) is 4.79 Å². The largest absolute Gasteiger partial charge is 0.508 e. The molecular weight excluding hydrogens is 326 g/mol. The first-order chi connectivity index (χ1) is 12.6. The van der Waals surface area contributed by atoms with Crippen LogP contribution in [0.3, 0.4) is 0 Å². The maximum atomic E-state index is 12.4. The van der Waals surface area contributed by atoms with Crippen LogP contribution < -0.4 is 10.6 Å². The van der Waals surface area contributed by atoms with Gasteiger partial charge in [-0.05, 0) is 42.1 Å². The summed E-state index contributed by atoms with van der Waals surface area (Å²) in [6, 6.07) is 20.2. The molecule has 0 radical (unpaired) electrons. The summed E-state index contributed by atoms with van der Waals surface area (Å²) >= 11 is 0. The number of anilines is 2. The van der Waals surface area contributed by atoms with Crippen molar-refractivity contribution in [2.75, 3.05) is 10.6 Å². The van der Waals surface area contributed by atoms with E-state index in [0.29, 0.717) is 11.3 Å². The summed E-state index contributed by atoms with van der Waals surface area (Å²) < 4.78 is 0. The number of hydrogen-bond acceptors (Lipinski definition) is 4. The Hall–Kier alpha value is -3.78. The van der Waals surface area contributed by atoms with Crippen LogP contribution in [0.2, 0.25) is 0 Å². The van der Waals surface area contributed by atoms with Crippen molar-refractivity contribution in [3.8, 4) is 11.8 Å². The normalized spacial score (nSPS) is 11.0. The lowest BCUT2D eigenvalue weighted by atomic mass is 10.1. The molecule has 3 aromatic rings. The molecule has 5 heteroatoms. The molecule has 0 fully saturated rings. The Morgan fingerprint density at radius 1 is 1.08 bits per heavy atom. The number of benzene rings is 3. The Morgan fingerprint density at radius 3 is 2.62 bits per heavy atom. The lowest BCUT2D eigenvalue weighted by molar-refractivity contribution is -0.112. The van der Waals surface area contributed by atoms with Crippen LogP contribution in [0.1, 0.15) is 5.56 Å². The fourth-order valence-corrected chi connectivity index (χ4v) is 2.63. The molecule has 0 aromatic heterocycles. The van der Waals surface area contributed by atoms with Crippen molar-refractivity contribution in [3.63, 3.8) is 0 Å². The third-order valence-corrected chi connectivity index (χ3v) is 3.98. The number of nitriles is 1. The number of amides is 1. The molecular formula is C21H17N3O2. The van der Waals surface area contributed by atoms with Gasteiger partial charge in [-0.15, -0.1) is 0 Å². The molecule has 1 amide bonds. The highest BCUT2D eigenvalue weighted by Crippen LogP contribution is 2.23. The molecule has 3 N–H and O–H groups in total. The lowest BCUT2D eigenvalue weighted by Crippen LogP contribution is -2.15. The standard InChI is InChI=1S/C21H17N3O2/c1-14-11-17(25)9-10-19(14)24-21(26)16(12-22)13-23-20-8-4-6-15-5-2-3-7-18(15)20/h2-11,13,23,25H,1H3,(H,24,26)/b16-13-. The number of carbonyl (C=O) groups is 1. The highest BCUT2D eigenvalue weighted by atomic mass is 16.3. The van der Waals surface area contributed by atoms with Gasteiger partial charge in [0, 0.05) is 23.0 Å². The summed E-state index contributed by atoms with van der Waals surface area (Å²) in [5.41, 5.74) is 2.01. The molecule has 0 heterocycles. The quantitative estimate of drug-likeness (QED) is 0.374. The number of fused-ring (bicyclic) bond motifs is 1. The molecule has 0 aliphatic rings. The van der Waals surface area contributed by atoms with Gasteiger partial charge in [0.05, 0.1) is 0 Å². The van der Waals surface area contributed by atoms with Crippen LogP contribution in [0, 0.1) is 18.3 Å². The fourth-order valence-electron chi connectivity index (χ4n) is 2.63. The Bertz CT molecular complexity index is 1040. The van der Waals surface area contributed by atoms with Gasteiger partial charge < -0.3 is 15.7 Å². The second-order valence-corrected chi connectivity index (χ2v) is 5.79. The van der Waals surface area contributed by atoms with E-state index < -0.39 is 5.91 Å². The number of phenolic OH excluding ortho intramolecular Hbond substituents is 1. The Balaban J connectivity index is 1.81. The SMILES string of the molecule is Cc1cc(O)ccc1NC(=O)/C(C#N)=C\Nc1cccc2ccccc12. The fraction of sp³-hybridized carbons (Fsp3) is 0.0476. The molecule has 0 atom stereocenters. The number of aryl methyl sites for hydroxylation is 1. The summed E-state index contributed by atoms with van der Waals surface area (Å²) in [4.78, 5) is 12.4. The van der Waals surface area contributed by atoms with Crippen LogP contribution in [-0.4, -0.2) is 11.0 Å². The highest BCUT2D eigenvalue weighted by molar-refractivity contribution is 6.07. The summed E-state index contributed by atoms with van der Waals surface area (Å²) in [6.07, 6.45) is 1.40. The number of hydrogen-bond donors (Lipinski definition) is 3. The van der Waals surface area contributed by atoms with Crippen LogP contribution in [0.15, 0.2) is 72.4 Å². The van der Waals surface area contributed by atoms with Crippen molar-refractivity contribution in [1.29, 1.82) is 5.26 Å². The first kappa shape index (κ1) is 17.1. The minimum Gasteiger partial charge on any atom is -0.508 e. The third kappa shape index (κ3) is 3.65. The summed E-state index contributed by atoms with van der Waals surface area (Å²) in [7, 11) is 0. The molecule has 5 nitrogen and oxygen atoms in total. The predicted molar refractivity (Wildman–Crippen MR) is 103 cm³/mol. The second kappa shape index (κ2) is 7.41. The van der Waals surface area contributed by atoms with E-state index in [4.69, 9.17) is 0 Å². The number of aromatic hydroxyl groups is 1. The number of nitrogens with one attached hydrogen (secondary N) is 2. The van der Waals surface area contributed by atoms with Gasteiger partial charge in [0.15, 0.2) is 0 Å². The zero-order chi connectivity index (χ0) is 18.5. The maximum absolute atomic E-state index is 12.4. The molecule has 0 spiro atoms. The van der Waals surface area contributed by atoms with Crippen LogP contribution >= 0.6 is 0 Å². The molecule has 0 aliphatic heterocycles. The second-order valence-electron chi connectivity index (χ2n) is 5.79. The summed E-state index contributed by atoms with van der Waals surface area (Å²) in [5.74, 6) is -0.400. The van der Waals surface area contributed by atoms with E-state index in [1.807, 2.05) is 48.5 Å². The first-order valence-corrected chi connectivity index (χ1v) is 8.04. The molecule has 26 heavy (non-hydrogen) atoms. The first-order valence-electron chi connectivity index (χ1n) is 8.04. The van der Waals surface area contributed by atoms with E-state index in [-0.39, 0.29) is 11.3 Å². The molecule has 0 saturated heterocycles. The minimum absolute atomic E-state index is 0.0505. The van der Waals surface area contributed by atoms with Crippen LogP contribution in [0.25, 0.3) is 10.8 Å². The topological polar surface area (TPSA) is 85.2 Å². The Labute approximate surface area is 151 Å². The monoisotopic (exact) mass is 343 g/mol. The van der Waals surface area contributed by atoms with Gasteiger partial charge in [-0.2, -0.15) is 5.26 Å². The number of rotatable bonds is 4. The van der Waals surface area contributed by atoms with Crippen LogP contribution in [0.4, 0.5) is 11.4 Å². The number of nitrogens with zero attached hydrogens (tertiary/aromatic N) is 1. The van der Waals surface area contributed by atoms with E-state index in [1.54, 1.807) is 19.1 Å². The van der Waals surface area contributed by atoms with Crippen LogP contribution in [0.5, 0.6) is 5.75 Å². The van der Waals surface area contributed by atoms with E-state index in [0.717, 1.165) is 16.5 Å². The van der Waals surface area contributed by atoms with Crippen molar-refractivity contribution in [2.45, 2.75) is 6.92 Å². The van der Waals surface area contributed by atoms with E-state index in [9.17, 15) is 15.2 Å². The number of carbonyl (C=O) groups excluding carboxylic acids is 1. The summed E-state index contributed by atoms with van der Waals surface area (Å²) in [6.45, 7) is 1.76. The molecule has 0 unspecified atom stereocenters. The molecule has 3 rings (SSSR count). The van der Waals surface area contributed by atoms with E-state index >= 15 is 0 Å². The predicted octanol–water partition coefficient (Wildman–Crippen LogP) is 4.31. The van der Waals surface area contributed by atoms with Gasteiger partial charge in [-0.25, -0.2) is 0 Å². The van der Waals surface area contributed by atoms with Crippen molar-refractivity contribution in [3.05, 3.63) is 78.0 Å². The Kier molecular flexibility index (Phi) is 4.86. The third-order valence-electron chi connectivity index (χ3n) is 3.98. The van der Waals surface area contributed by atoms with Gasteiger partial charge in [-0.1, -0.05) is 36.4 Å². The molecule has 0 bridgehead atoms. The Morgan fingerprint density at radius 2 is 1.85 bits per heavy atom. The smallest absolute Gasteiger partial charge is 0.267 e. The van der Waals surface area contributed by atoms with Crippen molar-refractivity contribution >= 4 is 28.1 Å². The summed E-state index contributed by atoms with van der Waals surface area (Å²) in [5, 5.41) is 26.5. The van der Waals surface area contributed by atoms with Gasteiger partial charge in [0.2, 0.25) is 0 Å². The lowest BCUT2D eigenvalue weighted by Gasteiger charge is -2.09. The van der Waals surface area contributed by atoms with Crippen molar-refractivity contribution in [2.24, 2.45) is 0 Å². The van der Waals surface area contributed by atoms with E-state index in [2.05, 4.69) is 10.6 Å². The van der Waals surface area contributed by atoms with Crippen molar-refractivity contribution in [1.82, 2.24) is 0 Å². The zero-order valence-corrected chi connectivity index (χ0v) is 14.2. The van der Waals surface area contributed by atoms with Gasteiger partial charge in [0.1, 0.15) is 17.4 Å². The average molecular weight is 343 g/mol. The van der Waals surface area contributed by atoms with E-state index in [1.165, 1.54) is 12.3 Å². The molecule has 0 aliphatic carbocycles. The van der Waals surface area contributed by atoms with Crippen molar-refractivity contribution < 1.29 is 9.90 Å². The maximum Gasteiger partial charge on any atom is 0.267 e. The minimum atomic E-state index is -0.519.